The second kappa shape index (κ2) is 6.05. The molecule has 1 aliphatic heterocycles. The minimum absolute atomic E-state index is 0.0199. The van der Waals surface area contributed by atoms with Gasteiger partial charge >= 0.3 is 5.51 Å². The number of fused-ring (bicyclic) bond motifs is 1. The average molecular weight is 290 g/mol. The van der Waals surface area contributed by atoms with Gasteiger partial charge in [-0.05, 0) is 35.4 Å². The molecule has 0 saturated heterocycles. The average Bonchev–Trinajstić information content (AvgIpc) is 2.69. The maximum absolute atomic E-state index is 11.9. The van der Waals surface area contributed by atoms with Crippen LogP contribution in [-0.4, -0.2) is 31.4 Å². The third-order valence-corrected chi connectivity index (χ3v) is 3.88. The number of alkyl halides is 3. The van der Waals surface area contributed by atoms with Gasteiger partial charge in [-0.3, -0.25) is 0 Å². The molecule has 0 unspecified atom stereocenters. The minimum atomic E-state index is -4.13. The predicted octanol–water partition coefficient (Wildman–Crippen LogP) is 3.02. The maximum atomic E-state index is 11.9. The third-order valence-electron chi connectivity index (χ3n) is 3.15. The first-order valence-corrected chi connectivity index (χ1v) is 7.18. The number of rotatable bonds is 5. The highest BCUT2D eigenvalue weighted by Crippen LogP contribution is 2.29. The van der Waals surface area contributed by atoms with E-state index in [1.165, 1.54) is 11.3 Å². The van der Waals surface area contributed by atoms with Crippen molar-refractivity contribution in [2.45, 2.75) is 18.5 Å². The lowest BCUT2D eigenvalue weighted by molar-refractivity contribution is -0.0327. The van der Waals surface area contributed by atoms with Gasteiger partial charge in [-0.1, -0.05) is 12.1 Å². The molecule has 0 saturated carbocycles. The Morgan fingerprint density at radius 2 is 2.16 bits per heavy atom. The summed E-state index contributed by atoms with van der Waals surface area (Å²) in [6, 6.07) is 6.26. The molecule has 106 valence electrons. The molecule has 0 amide bonds. The zero-order chi connectivity index (χ0) is 13.9. The van der Waals surface area contributed by atoms with E-state index in [1.807, 2.05) is 6.07 Å². The molecule has 0 bridgehead atoms. The first kappa shape index (κ1) is 14.5. The van der Waals surface area contributed by atoms with Crippen molar-refractivity contribution in [2.24, 2.45) is 0 Å². The van der Waals surface area contributed by atoms with E-state index in [0.717, 1.165) is 18.5 Å². The molecule has 1 N–H and O–H groups in total. The Hall–Kier alpha value is -0.880. The predicted molar refractivity (Wildman–Crippen MR) is 73.6 cm³/mol. The van der Waals surface area contributed by atoms with Crippen molar-refractivity contribution in [3.05, 3.63) is 29.3 Å². The molecule has 1 heterocycles. The van der Waals surface area contributed by atoms with Gasteiger partial charge in [0.1, 0.15) is 0 Å². The molecular weight excluding hydrogens is 273 g/mol. The van der Waals surface area contributed by atoms with Crippen LogP contribution in [0, 0.1) is 0 Å². The largest absolute Gasteiger partial charge is 0.441 e. The van der Waals surface area contributed by atoms with Gasteiger partial charge in [-0.15, -0.1) is 0 Å². The Bertz CT molecular complexity index is 434. The van der Waals surface area contributed by atoms with Crippen molar-refractivity contribution in [2.75, 3.05) is 30.8 Å². The summed E-state index contributed by atoms with van der Waals surface area (Å²) in [4.78, 5) is 2.21. The van der Waals surface area contributed by atoms with Crippen molar-refractivity contribution in [1.29, 1.82) is 0 Å². The van der Waals surface area contributed by atoms with E-state index in [1.54, 1.807) is 0 Å². The number of halogens is 3. The van der Waals surface area contributed by atoms with Crippen LogP contribution in [0.3, 0.4) is 0 Å². The van der Waals surface area contributed by atoms with E-state index in [4.69, 9.17) is 0 Å². The van der Waals surface area contributed by atoms with E-state index in [9.17, 15) is 13.2 Å². The van der Waals surface area contributed by atoms with Gasteiger partial charge in [0, 0.05) is 38.1 Å². The molecule has 19 heavy (non-hydrogen) atoms. The Balaban J connectivity index is 1.75. The van der Waals surface area contributed by atoms with Gasteiger partial charge in [0.25, 0.3) is 0 Å². The summed E-state index contributed by atoms with van der Waals surface area (Å²) in [5, 5.41) is 3.04. The van der Waals surface area contributed by atoms with Crippen LogP contribution in [0.15, 0.2) is 18.2 Å². The lowest BCUT2D eigenvalue weighted by Crippen LogP contribution is -2.18. The number of likely N-dealkylation sites (N-methyl/N-ethyl adjacent to an activating group) is 1. The zero-order valence-corrected chi connectivity index (χ0v) is 11.6. The van der Waals surface area contributed by atoms with Crippen LogP contribution in [0.1, 0.15) is 11.1 Å². The molecule has 0 radical (unpaired) electrons. The lowest BCUT2D eigenvalue weighted by atomic mass is 10.1. The molecule has 0 atom stereocenters. The zero-order valence-electron chi connectivity index (χ0n) is 10.8. The Morgan fingerprint density at radius 3 is 2.89 bits per heavy atom. The smallest absolute Gasteiger partial charge is 0.374 e. The Morgan fingerprint density at radius 1 is 1.37 bits per heavy atom. The van der Waals surface area contributed by atoms with Gasteiger partial charge in [0.15, 0.2) is 0 Å². The molecule has 2 rings (SSSR count). The molecule has 2 nitrogen and oxygen atoms in total. The fourth-order valence-corrected chi connectivity index (χ4v) is 2.68. The van der Waals surface area contributed by atoms with Gasteiger partial charge < -0.3 is 10.2 Å². The van der Waals surface area contributed by atoms with E-state index >= 15 is 0 Å². The first-order valence-electron chi connectivity index (χ1n) is 6.20. The number of thioether (sulfide) groups is 1. The summed E-state index contributed by atoms with van der Waals surface area (Å²) in [6.45, 7) is 2.02. The van der Waals surface area contributed by atoms with Crippen LogP contribution in [0.4, 0.5) is 18.9 Å². The minimum Gasteiger partial charge on any atom is -0.374 e. The molecule has 0 fully saturated rings. The third kappa shape index (κ3) is 4.31. The molecule has 1 aromatic rings. The normalized spacial score (nSPS) is 14.8. The number of nitrogens with zero attached hydrogens (tertiary/aromatic N) is 1. The van der Waals surface area contributed by atoms with Crippen molar-refractivity contribution < 1.29 is 13.2 Å². The van der Waals surface area contributed by atoms with Crippen LogP contribution in [0.5, 0.6) is 0 Å². The summed E-state index contributed by atoms with van der Waals surface area (Å²) < 4.78 is 35.8. The van der Waals surface area contributed by atoms with Crippen molar-refractivity contribution >= 4 is 17.4 Å². The summed E-state index contributed by atoms with van der Waals surface area (Å²) >= 11 is 0.0199. The number of hydrogen-bond acceptors (Lipinski definition) is 3. The van der Waals surface area contributed by atoms with Gasteiger partial charge in [0.2, 0.25) is 0 Å². The van der Waals surface area contributed by atoms with Crippen LogP contribution >= 0.6 is 11.8 Å². The highest BCUT2D eigenvalue weighted by atomic mass is 32.2. The molecule has 0 spiro atoms. The van der Waals surface area contributed by atoms with Crippen molar-refractivity contribution in [3.63, 3.8) is 0 Å². The highest BCUT2D eigenvalue weighted by molar-refractivity contribution is 8.00. The van der Waals surface area contributed by atoms with Crippen LogP contribution in [-0.2, 0) is 13.0 Å². The summed E-state index contributed by atoms with van der Waals surface area (Å²) in [7, 11) is 2.07. The summed E-state index contributed by atoms with van der Waals surface area (Å²) in [6.07, 6.45) is 1.05. The molecule has 6 heteroatoms. The molecule has 0 aromatic heterocycles. The number of nitrogens with one attached hydrogen (secondary N) is 1. The standard InChI is InChI=1S/C13H17F3N2S/c1-18-6-4-11-8-10(2-3-12(11)18)9-17-5-7-19-13(14,15)16/h2-3,8,17H,4-7,9H2,1H3. The number of benzene rings is 1. The van der Waals surface area contributed by atoms with Gasteiger partial charge in [0.05, 0.1) is 0 Å². The number of anilines is 1. The van der Waals surface area contributed by atoms with E-state index in [0.29, 0.717) is 13.1 Å². The molecular formula is C13H17F3N2S. The number of hydrogen-bond donors (Lipinski definition) is 1. The first-order chi connectivity index (χ1) is 8.96. The van der Waals surface area contributed by atoms with Crippen molar-refractivity contribution in [1.82, 2.24) is 5.32 Å². The molecule has 1 aromatic carbocycles. The van der Waals surface area contributed by atoms with Crippen LogP contribution in [0.25, 0.3) is 0 Å². The van der Waals surface area contributed by atoms with Crippen molar-refractivity contribution in [3.8, 4) is 0 Å². The second-order valence-electron chi connectivity index (χ2n) is 4.61. The van der Waals surface area contributed by atoms with Gasteiger partial charge in [-0.2, -0.15) is 13.2 Å². The van der Waals surface area contributed by atoms with Gasteiger partial charge in [-0.25, -0.2) is 0 Å². The molecule has 1 aliphatic rings. The van der Waals surface area contributed by atoms with Crippen LogP contribution < -0.4 is 10.2 Å². The lowest BCUT2D eigenvalue weighted by Gasteiger charge is -2.12. The fourth-order valence-electron chi connectivity index (χ4n) is 2.20. The quantitative estimate of drug-likeness (QED) is 0.839. The maximum Gasteiger partial charge on any atom is 0.441 e. The summed E-state index contributed by atoms with van der Waals surface area (Å²) in [5.41, 5.74) is -0.409. The Kier molecular flexibility index (Phi) is 4.62. The Labute approximate surface area is 115 Å². The van der Waals surface area contributed by atoms with E-state index in [2.05, 4.69) is 29.4 Å². The summed E-state index contributed by atoms with van der Waals surface area (Å²) in [5.74, 6) is 0.0528. The van der Waals surface area contributed by atoms with E-state index in [-0.39, 0.29) is 17.5 Å². The monoisotopic (exact) mass is 290 g/mol. The van der Waals surface area contributed by atoms with Crippen LogP contribution in [0.2, 0.25) is 0 Å². The SMILES string of the molecule is CN1CCc2cc(CNCCSC(F)(F)F)ccc21. The topological polar surface area (TPSA) is 15.3 Å². The second-order valence-corrected chi connectivity index (χ2v) is 5.77. The van der Waals surface area contributed by atoms with E-state index < -0.39 is 5.51 Å². The fraction of sp³-hybridized carbons (Fsp3) is 0.538. The highest BCUT2D eigenvalue weighted by Gasteiger charge is 2.27. The molecule has 0 aliphatic carbocycles.